The highest BCUT2D eigenvalue weighted by atomic mass is 32.2. The Labute approximate surface area is 170 Å². The molecule has 3 N–H and O–H groups in total. The number of carbonyl (C=O) groups excluding carboxylic acids is 3. The van der Waals surface area contributed by atoms with Gasteiger partial charge in [-0.15, -0.1) is 0 Å². The highest BCUT2D eigenvalue weighted by Crippen LogP contribution is 2.23. The molecular weight excluding hydrogens is 398 g/mol. The van der Waals surface area contributed by atoms with Crippen LogP contribution in [0.4, 0.5) is 0 Å². The van der Waals surface area contributed by atoms with Crippen LogP contribution in [0.15, 0.2) is 23.1 Å². The number of esters is 1. The zero-order valence-corrected chi connectivity index (χ0v) is 17.3. The summed E-state index contributed by atoms with van der Waals surface area (Å²) >= 11 is 0. The predicted octanol–water partition coefficient (Wildman–Crippen LogP) is 0.0293. The summed E-state index contributed by atoms with van der Waals surface area (Å²) in [6, 6.07) is 4.97. The zero-order chi connectivity index (χ0) is 21.3. The van der Waals surface area contributed by atoms with E-state index in [1.807, 2.05) is 13.0 Å². The molecule has 1 aromatic rings. The van der Waals surface area contributed by atoms with Gasteiger partial charge in [-0.2, -0.15) is 4.72 Å². The minimum Gasteiger partial charge on any atom is -0.455 e. The summed E-state index contributed by atoms with van der Waals surface area (Å²) in [5.74, 6) is -1.89. The topological polar surface area (TPSA) is 131 Å². The molecule has 0 radical (unpaired) electrons. The van der Waals surface area contributed by atoms with Crippen molar-refractivity contribution in [3.05, 3.63) is 29.3 Å². The lowest BCUT2D eigenvalue weighted by Crippen LogP contribution is -2.39. The van der Waals surface area contributed by atoms with E-state index < -0.39 is 35.1 Å². The number of amides is 2. The Hall–Kier alpha value is -2.46. The third-order valence-corrected chi connectivity index (χ3v) is 5.82. The number of rotatable bonds is 10. The fourth-order valence-electron chi connectivity index (χ4n) is 2.87. The van der Waals surface area contributed by atoms with Gasteiger partial charge < -0.3 is 15.4 Å². The van der Waals surface area contributed by atoms with Gasteiger partial charge in [-0.05, 0) is 55.4 Å². The summed E-state index contributed by atoms with van der Waals surface area (Å²) in [5, 5.41) is 4.89. The second-order valence-corrected chi connectivity index (χ2v) is 8.52. The highest BCUT2D eigenvalue weighted by Gasteiger charge is 2.19. The molecule has 1 aromatic carbocycles. The molecule has 9 nitrogen and oxygen atoms in total. The molecule has 0 aliphatic heterocycles. The van der Waals surface area contributed by atoms with Crippen LogP contribution in [-0.4, -0.2) is 52.4 Å². The van der Waals surface area contributed by atoms with Gasteiger partial charge in [0.25, 0.3) is 5.91 Å². The fraction of sp³-hybridized carbons (Fsp3) is 0.526. The molecule has 1 aliphatic rings. The van der Waals surface area contributed by atoms with E-state index in [9.17, 15) is 22.8 Å². The number of benzene rings is 1. The SMILES string of the molecule is CCCNC(=O)CNC(=O)COC(=O)CNS(=O)(=O)c1ccc2c(c1)CCCC2. The van der Waals surface area contributed by atoms with Crippen molar-refractivity contribution in [3.63, 3.8) is 0 Å². The lowest BCUT2D eigenvalue weighted by atomic mass is 9.92. The van der Waals surface area contributed by atoms with E-state index in [0.29, 0.717) is 6.54 Å². The number of hydrogen-bond donors (Lipinski definition) is 3. The molecule has 2 rings (SSSR count). The zero-order valence-electron chi connectivity index (χ0n) is 16.5. The summed E-state index contributed by atoms with van der Waals surface area (Å²) in [7, 11) is -3.86. The Kier molecular flexibility index (Phi) is 8.59. The number of carbonyl (C=O) groups is 3. The van der Waals surface area contributed by atoms with Crippen LogP contribution in [0.5, 0.6) is 0 Å². The van der Waals surface area contributed by atoms with Crippen molar-refractivity contribution >= 4 is 27.8 Å². The highest BCUT2D eigenvalue weighted by molar-refractivity contribution is 7.89. The van der Waals surface area contributed by atoms with Crippen LogP contribution < -0.4 is 15.4 Å². The van der Waals surface area contributed by atoms with Gasteiger partial charge in [0.1, 0.15) is 6.54 Å². The number of ether oxygens (including phenoxy) is 1. The Morgan fingerprint density at radius 2 is 1.72 bits per heavy atom. The molecule has 0 fully saturated rings. The first kappa shape index (κ1) is 22.8. The van der Waals surface area contributed by atoms with Crippen molar-refractivity contribution in [2.24, 2.45) is 0 Å². The van der Waals surface area contributed by atoms with Crippen molar-refractivity contribution in [1.29, 1.82) is 0 Å². The molecular formula is C19H27N3O6S. The number of nitrogens with one attached hydrogen (secondary N) is 3. The minimum atomic E-state index is -3.86. The third-order valence-electron chi connectivity index (χ3n) is 4.42. The average molecular weight is 426 g/mol. The van der Waals surface area contributed by atoms with Gasteiger partial charge in [0.15, 0.2) is 6.61 Å². The summed E-state index contributed by atoms with van der Waals surface area (Å²) in [6.07, 6.45) is 4.68. The number of fused-ring (bicyclic) bond motifs is 1. The summed E-state index contributed by atoms with van der Waals surface area (Å²) < 4.78 is 31.7. The van der Waals surface area contributed by atoms with Crippen LogP contribution in [0.3, 0.4) is 0 Å². The van der Waals surface area contributed by atoms with Gasteiger partial charge in [0.2, 0.25) is 15.9 Å². The average Bonchev–Trinajstić information content (AvgIpc) is 2.72. The van der Waals surface area contributed by atoms with Gasteiger partial charge in [-0.3, -0.25) is 14.4 Å². The van der Waals surface area contributed by atoms with Crippen LogP contribution in [0.25, 0.3) is 0 Å². The Morgan fingerprint density at radius 1 is 1.00 bits per heavy atom. The van der Waals surface area contributed by atoms with Gasteiger partial charge in [-0.1, -0.05) is 13.0 Å². The van der Waals surface area contributed by atoms with E-state index in [-0.39, 0.29) is 17.3 Å². The van der Waals surface area contributed by atoms with Gasteiger partial charge >= 0.3 is 5.97 Å². The third kappa shape index (κ3) is 7.47. The second-order valence-electron chi connectivity index (χ2n) is 6.75. The number of hydrogen-bond acceptors (Lipinski definition) is 6. The minimum absolute atomic E-state index is 0.0989. The maximum absolute atomic E-state index is 12.4. The first-order valence-electron chi connectivity index (χ1n) is 9.62. The largest absolute Gasteiger partial charge is 0.455 e. The van der Waals surface area contributed by atoms with Crippen LogP contribution in [0.1, 0.15) is 37.3 Å². The molecule has 0 spiro atoms. The molecule has 1 aliphatic carbocycles. The molecule has 0 bridgehead atoms. The van der Waals surface area contributed by atoms with Crippen molar-refractivity contribution in [3.8, 4) is 0 Å². The van der Waals surface area contributed by atoms with E-state index in [1.165, 1.54) is 6.07 Å². The maximum Gasteiger partial charge on any atom is 0.321 e. The Balaban J connectivity index is 1.75. The first-order chi connectivity index (χ1) is 13.8. The molecule has 0 saturated carbocycles. The molecule has 10 heteroatoms. The molecule has 0 heterocycles. The van der Waals surface area contributed by atoms with Gasteiger partial charge in [-0.25, -0.2) is 8.42 Å². The standard InChI is InChI=1S/C19H27N3O6S/c1-2-9-20-17(23)11-21-18(24)13-28-19(25)12-22-29(26,27)16-8-7-14-5-3-4-6-15(14)10-16/h7-8,10,22H,2-6,9,11-13H2,1H3,(H,20,23)(H,21,24). The van der Waals surface area contributed by atoms with Crippen LogP contribution in [0, 0.1) is 0 Å². The fourth-order valence-corrected chi connectivity index (χ4v) is 3.89. The molecule has 0 unspecified atom stereocenters. The normalized spacial score (nSPS) is 13.3. The second kappa shape index (κ2) is 10.9. The summed E-state index contributed by atoms with van der Waals surface area (Å²) in [4.78, 5) is 34.8. The van der Waals surface area contributed by atoms with Crippen molar-refractivity contribution in [1.82, 2.24) is 15.4 Å². The smallest absolute Gasteiger partial charge is 0.321 e. The first-order valence-corrected chi connectivity index (χ1v) is 11.1. The number of sulfonamides is 1. The molecule has 0 atom stereocenters. The Morgan fingerprint density at radius 3 is 2.45 bits per heavy atom. The molecule has 0 aromatic heterocycles. The lowest BCUT2D eigenvalue weighted by Gasteiger charge is -2.16. The quantitative estimate of drug-likeness (QED) is 0.453. The van der Waals surface area contributed by atoms with Crippen LogP contribution >= 0.6 is 0 Å². The maximum atomic E-state index is 12.4. The predicted molar refractivity (Wildman–Crippen MR) is 106 cm³/mol. The Bertz CT molecular complexity index is 854. The molecule has 0 saturated heterocycles. The van der Waals surface area contributed by atoms with E-state index in [0.717, 1.165) is 43.2 Å². The van der Waals surface area contributed by atoms with E-state index in [1.54, 1.807) is 6.07 Å². The summed E-state index contributed by atoms with van der Waals surface area (Å²) in [6.45, 7) is 0.998. The van der Waals surface area contributed by atoms with Gasteiger partial charge in [0.05, 0.1) is 11.4 Å². The number of aryl methyl sites for hydroxylation is 2. The van der Waals surface area contributed by atoms with Crippen molar-refractivity contribution in [2.45, 2.75) is 43.9 Å². The van der Waals surface area contributed by atoms with Gasteiger partial charge in [0, 0.05) is 6.54 Å². The van der Waals surface area contributed by atoms with E-state index in [2.05, 4.69) is 15.4 Å². The lowest BCUT2D eigenvalue weighted by molar-refractivity contribution is -0.147. The molecule has 29 heavy (non-hydrogen) atoms. The van der Waals surface area contributed by atoms with E-state index >= 15 is 0 Å². The monoisotopic (exact) mass is 425 g/mol. The van der Waals surface area contributed by atoms with Crippen molar-refractivity contribution < 1.29 is 27.5 Å². The van der Waals surface area contributed by atoms with E-state index in [4.69, 9.17) is 4.74 Å². The van der Waals surface area contributed by atoms with Crippen molar-refractivity contribution in [2.75, 3.05) is 26.2 Å². The summed E-state index contributed by atoms with van der Waals surface area (Å²) in [5.41, 5.74) is 2.17. The van der Waals surface area contributed by atoms with Crippen LogP contribution in [0.2, 0.25) is 0 Å². The molecule has 160 valence electrons. The molecule has 2 amide bonds. The van der Waals surface area contributed by atoms with Crippen LogP contribution in [-0.2, 0) is 42.0 Å².